The lowest BCUT2D eigenvalue weighted by atomic mass is 10.2. The van der Waals surface area contributed by atoms with Gasteiger partial charge in [-0.1, -0.05) is 6.07 Å². The molecule has 1 unspecified atom stereocenters. The van der Waals surface area contributed by atoms with Gasteiger partial charge in [-0.15, -0.1) is 0 Å². The van der Waals surface area contributed by atoms with Crippen molar-refractivity contribution in [1.82, 2.24) is 30.0 Å². The first-order valence-electron chi connectivity index (χ1n) is 12.1. The lowest BCUT2D eigenvalue weighted by Gasteiger charge is -2.24. The SMILES string of the molecule is CC(=O)OCC(=O)N(C)C1CCN(Cc2ccc3cc(Oc4ccc(-c5ccn[nH]5)cn4)ccc3n2)C1.S. The average Bonchev–Trinajstić information content (AvgIpc) is 3.60. The fourth-order valence-electron chi connectivity index (χ4n) is 4.40. The summed E-state index contributed by atoms with van der Waals surface area (Å²) in [5.41, 5.74) is 3.68. The second-order valence-electron chi connectivity index (χ2n) is 9.08. The summed E-state index contributed by atoms with van der Waals surface area (Å²) < 4.78 is 10.8. The average molecular weight is 535 g/mol. The number of fused-ring (bicyclic) bond motifs is 1. The molecule has 0 aliphatic carbocycles. The number of ether oxygens (including phenoxy) is 2. The molecule has 1 fully saturated rings. The number of nitrogens with one attached hydrogen (secondary N) is 1. The third-order valence-electron chi connectivity index (χ3n) is 6.46. The number of H-pyrrole nitrogens is 1. The number of carbonyl (C=O) groups excluding carboxylic acids is 2. The number of carbonyl (C=O) groups is 2. The number of nitrogens with zero attached hydrogens (tertiary/aromatic N) is 5. The van der Waals surface area contributed by atoms with E-state index >= 15 is 0 Å². The van der Waals surface area contributed by atoms with Crippen LogP contribution in [0.1, 0.15) is 19.0 Å². The summed E-state index contributed by atoms with van der Waals surface area (Å²) in [4.78, 5) is 36.4. The summed E-state index contributed by atoms with van der Waals surface area (Å²) in [7, 11) is 1.76. The van der Waals surface area contributed by atoms with Crippen molar-refractivity contribution in [2.45, 2.75) is 25.9 Å². The maximum atomic E-state index is 12.3. The molecule has 3 aromatic heterocycles. The van der Waals surface area contributed by atoms with E-state index in [1.807, 2.05) is 48.5 Å². The summed E-state index contributed by atoms with van der Waals surface area (Å²) in [6.45, 7) is 3.40. The van der Waals surface area contributed by atoms with Crippen LogP contribution in [0.5, 0.6) is 11.6 Å². The number of likely N-dealkylation sites (N-methyl/N-ethyl adjacent to an activating group) is 1. The predicted octanol–water partition coefficient (Wildman–Crippen LogP) is 3.52. The molecule has 11 heteroatoms. The number of aromatic nitrogens is 4. The molecule has 38 heavy (non-hydrogen) atoms. The van der Waals surface area contributed by atoms with Gasteiger partial charge in [-0.3, -0.25) is 24.6 Å². The quantitative estimate of drug-likeness (QED) is 0.342. The second kappa shape index (κ2) is 12.1. The first kappa shape index (κ1) is 27.1. The first-order valence-corrected chi connectivity index (χ1v) is 12.1. The molecule has 0 spiro atoms. The number of pyridine rings is 2. The number of hydrogen-bond acceptors (Lipinski definition) is 8. The van der Waals surface area contributed by atoms with Gasteiger partial charge >= 0.3 is 5.97 Å². The topological polar surface area (TPSA) is 114 Å². The van der Waals surface area contributed by atoms with Crippen molar-refractivity contribution in [3.05, 3.63) is 66.6 Å². The van der Waals surface area contributed by atoms with Crippen LogP contribution in [0.25, 0.3) is 22.2 Å². The van der Waals surface area contributed by atoms with Gasteiger partial charge in [-0.2, -0.15) is 18.6 Å². The highest BCUT2D eigenvalue weighted by Crippen LogP contribution is 2.26. The van der Waals surface area contributed by atoms with Gasteiger partial charge in [0.2, 0.25) is 5.88 Å². The third-order valence-corrected chi connectivity index (χ3v) is 6.46. The molecule has 1 aromatic carbocycles. The molecule has 10 nitrogen and oxygen atoms in total. The highest BCUT2D eigenvalue weighted by atomic mass is 32.1. The van der Waals surface area contributed by atoms with Crippen molar-refractivity contribution in [3.63, 3.8) is 0 Å². The van der Waals surface area contributed by atoms with Crippen molar-refractivity contribution in [1.29, 1.82) is 0 Å². The highest BCUT2D eigenvalue weighted by molar-refractivity contribution is 7.59. The minimum absolute atomic E-state index is 0. The minimum Gasteiger partial charge on any atom is -0.456 e. The van der Waals surface area contributed by atoms with Gasteiger partial charge in [0.05, 0.1) is 16.9 Å². The normalized spacial score (nSPS) is 15.2. The van der Waals surface area contributed by atoms with Crippen molar-refractivity contribution in [3.8, 4) is 22.9 Å². The maximum absolute atomic E-state index is 12.3. The number of hydrogen-bond donors (Lipinski definition) is 1. The summed E-state index contributed by atoms with van der Waals surface area (Å²) in [6.07, 6.45) is 4.31. The van der Waals surface area contributed by atoms with Gasteiger partial charge < -0.3 is 14.4 Å². The molecule has 4 aromatic rings. The van der Waals surface area contributed by atoms with E-state index in [4.69, 9.17) is 14.5 Å². The van der Waals surface area contributed by atoms with E-state index in [-0.39, 0.29) is 32.1 Å². The lowest BCUT2D eigenvalue weighted by Crippen LogP contribution is -2.41. The summed E-state index contributed by atoms with van der Waals surface area (Å²) in [5, 5.41) is 7.85. The van der Waals surface area contributed by atoms with Gasteiger partial charge in [0, 0.05) is 69.1 Å². The number of rotatable bonds is 8. The predicted molar refractivity (Wildman–Crippen MR) is 147 cm³/mol. The summed E-state index contributed by atoms with van der Waals surface area (Å²) >= 11 is 0. The van der Waals surface area contributed by atoms with Crippen LogP contribution in [0.2, 0.25) is 0 Å². The Morgan fingerprint density at radius 1 is 1.16 bits per heavy atom. The molecule has 4 heterocycles. The van der Waals surface area contributed by atoms with Crippen LogP contribution in [-0.4, -0.2) is 74.6 Å². The van der Waals surface area contributed by atoms with Gasteiger partial charge in [0.15, 0.2) is 6.61 Å². The highest BCUT2D eigenvalue weighted by Gasteiger charge is 2.28. The molecular formula is C27H30N6O4S. The van der Waals surface area contributed by atoms with E-state index in [2.05, 4.69) is 20.1 Å². The molecular weight excluding hydrogens is 504 g/mol. The Morgan fingerprint density at radius 3 is 2.76 bits per heavy atom. The van der Waals surface area contributed by atoms with Gasteiger partial charge in [-0.05, 0) is 42.8 Å². The van der Waals surface area contributed by atoms with Crippen LogP contribution < -0.4 is 4.74 Å². The molecule has 198 valence electrons. The van der Waals surface area contributed by atoms with Crippen LogP contribution in [0.4, 0.5) is 0 Å². The monoisotopic (exact) mass is 534 g/mol. The third kappa shape index (κ3) is 6.48. The number of esters is 1. The fraction of sp³-hybridized carbons (Fsp3) is 0.296. The van der Waals surface area contributed by atoms with Crippen LogP contribution >= 0.6 is 13.5 Å². The molecule has 1 saturated heterocycles. The lowest BCUT2D eigenvalue weighted by molar-refractivity contribution is -0.150. The molecule has 1 N–H and O–H groups in total. The standard InChI is InChI=1S/C27H28N6O4.H2S/c1-18(34)36-17-27(35)32(2)22-10-12-33(16-22)15-21-5-3-19-13-23(6-7-24(19)30-21)37-26-8-4-20(14-28-26)25-9-11-29-31-25;/h3-9,11,13-14,22H,10,12,15-17H2,1-2H3,(H,29,31);1H2. The Labute approximate surface area is 227 Å². The van der Waals surface area contributed by atoms with Crippen LogP contribution in [0, 0.1) is 0 Å². The van der Waals surface area contributed by atoms with Crippen LogP contribution in [-0.2, 0) is 20.9 Å². The van der Waals surface area contributed by atoms with Crippen molar-refractivity contribution >= 4 is 36.3 Å². The van der Waals surface area contributed by atoms with E-state index < -0.39 is 5.97 Å². The van der Waals surface area contributed by atoms with Crippen LogP contribution in [0.15, 0.2) is 60.9 Å². The van der Waals surface area contributed by atoms with Crippen molar-refractivity contribution < 1.29 is 19.1 Å². The molecule has 5 rings (SSSR count). The number of benzene rings is 1. The Balaban J connectivity index is 0.00000336. The summed E-state index contributed by atoms with van der Waals surface area (Å²) in [6, 6.07) is 15.6. The Bertz CT molecular complexity index is 1400. The molecule has 0 bridgehead atoms. The van der Waals surface area contributed by atoms with Crippen molar-refractivity contribution in [2.24, 2.45) is 0 Å². The Morgan fingerprint density at radius 2 is 2.03 bits per heavy atom. The van der Waals surface area contributed by atoms with Crippen molar-refractivity contribution in [2.75, 3.05) is 26.7 Å². The molecule has 1 atom stereocenters. The van der Waals surface area contributed by atoms with Gasteiger partial charge in [0.25, 0.3) is 5.91 Å². The maximum Gasteiger partial charge on any atom is 0.303 e. The fourth-order valence-corrected chi connectivity index (χ4v) is 4.40. The minimum atomic E-state index is -0.451. The van der Waals surface area contributed by atoms with E-state index in [0.29, 0.717) is 18.2 Å². The molecule has 1 aliphatic heterocycles. The number of amides is 1. The smallest absolute Gasteiger partial charge is 0.303 e. The molecule has 1 aliphatic rings. The molecule has 1 amide bonds. The van der Waals surface area contributed by atoms with E-state index in [1.165, 1.54) is 6.92 Å². The first-order chi connectivity index (χ1) is 17.9. The van der Waals surface area contributed by atoms with E-state index in [1.54, 1.807) is 24.3 Å². The largest absolute Gasteiger partial charge is 0.456 e. The zero-order valence-electron chi connectivity index (χ0n) is 21.3. The van der Waals surface area contributed by atoms with E-state index in [9.17, 15) is 9.59 Å². The second-order valence-corrected chi connectivity index (χ2v) is 9.08. The Kier molecular flexibility index (Phi) is 8.59. The molecule has 0 radical (unpaired) electrons. The number of aromatic amines is 1. The summed E-state index contributed by atoms with van der Waals surface area (Å²) in [5.74, 6) is 0.556. The van der Waals surface area contributed by atoms with E-state index in [0.717, 1.165) is 47.4 Å². The van der Waals surface area contributed by atoms with Gasteiger partial charge in [0.1, 0.15) is 5.75 Å². The van der Waals surface area contributed by atoms with Crippen LogP contribution in [0.3, 0.4) is 0 Å². The zero-order valence-corrected chi connectivity index (χ0v) is 22.3. The number of likely N-dealkylation sites (tertiary alicyclic amines) is 1. The Hall–Kier alpha value is -3.96. The zero-order chi connectivity index (χ0) is 25.8. The van der Waals surface area contributed by atoms with Gasteiger partial charge in [-0.25, -0.2) is 4.98 Å². The molecule has 0 saturated carbocycles.